The summed E-state index contributed by atoms with van der Waals surface area (Å²) in [6.45, 7) is 0.0949. The van der Waals surface area contributed by atoms with Crippen LogP contribution in [0, 0.1) is 5.92 Å². The van der Waals surface area contributed by atoms with Crippen molar-refractivity contribution in [1.29, 1.82) is 0 Å². The number of nitrogens with one attached hydrogen (secondary N) is 1. The number of carboxylic acid groups (broad SMARTS) is 1. The van der Waals surface area contributed by atoms with E-state index in [0.29, 0.717) is 12.3 Å². The van der Waals surface area contributed by atoms with Crippen LogP contribution in [0.15, 0.2) is 0 Å². The number of aliphatic carboxylic acids is 1. The number of carbonyl (C=O) groups is 2. The number of ether oxygens (including phenoxy) is 1. The molecule has 0 bridgehead atoms. The van der Waals surface area contributed by atoms with E-state index in [1.165, 1.54) is 6.42 Å². The molecule has 1 aliphatic carbocycles. The molecule has 90 valence electrons. The average molecular weight is 227 g/mol. The Bertz CT molecular complexity index is 298. The van der Waals surface area contributed by atoms with Crippen LogP contribution in [-0.4, -0.2) is 29.3 Å². The van der Waals surface area contributed by atoms with E-state index in [1.807, 2.05) is 0 Å². The molecule has 1 amide bonds. The Hall–Kier alpha value is -1.26. The Balaban J connectivity index is 2.02. The fraction of sp³-hybridized carbons (Fsp3) is 0.818. The number of carboxylic acids is 1. The highest BCUT2D eigenvalue weighted by atomic mass is 16.6. The van der Waals surface area contributed by atoms with Crippen molar-refractivity contribution in [2.75, 3.05) is 6.54 Å². The molecule has 1 heterocycles. The van der Waals surface area contributed by atoms with E-state index in [4.69, 9.17) is 4.74 Å². The van der Waals surface area contributed by atoms with Gasteiger partial charge in [0, 0.05) is 6.42 Å². The Morgan fingerprint density at radius 1 is 1.44 bits per heavy atom. The molecule has 0 aromatic heterocycles. The molecule has 5 nitrogen and oxygen atoms in total. The molecule has 1 saturated carbocycles. The number of rotatable bonds is 3. The highest BCUT2D eigenvalue weighted by Crippen LogP contribution is 2.33. The van der Waals surface area contributed by atoms with Crippen LogP contribution >= 0.6 is 0 Å². The Morgan fingerprint density at radius 2 is 2.12 bits per heavy atom. The van der Waals surface area contributed by atoms with Gasteiger partial charge in [0.05, 0.1) is 6.54 Å². The van der Waals surface area contributed by atoms with Crippen molar-refractivity contribution in [3.8, 4) is 0 Å². The van der Waals surface area contributed by atoms with Crippen LogP contribution in [0.1, 0.15) is 38.5 Å². The normalized spacial score (nSPS) is 30.9. The SMILES string of the molecule is O=C1NCC(CC2CCCCC2)(C(=O)O)O1. The second kappa shape index (κ2) is 4.31. The number of hydrogen-bond acceptors (Lipinski definition) is 3. The van der Waals surface area contributed by atoms with Crippen LogP contribution in [-0.2, 0) is 9.53 Å². The lowest BCUT2D eigenvalue weighted by Crippen LogP contribution is -2.44. The van der Waals surface area contributed by atoms with Gasteiger partial charge in [-0.3, -0.25) is 0 Å². The zero-order chi connectivity index (χ0) is 11.6. The third-order valence-corrected chi connectivity index (χ3v) is 3.54. The van der Waals surface area contributed by atoms with Gasteiger partial charge in [-0.15, -0.1) is 0 Å². The van der Waals surface area contributed by atoms with Gasteiger partial charge in [0.2, 0.25) is 5.60 Å². The minimum atomic E-state index is -1.32. The van der Waals surface area contributed by atoms with Crippen molar-refractivity contribution in [2.24, 2.45) is 5.92 Å². The van der Waals surface area contributed by atoms with E-state index in [0.717, 1.165) is 25.7 Å². The van der Waals surface area contributed by atoms with Gasteiger partial charge in [-0.1, -0.05) is 32.1 Å². The molecule has 0 aromatic carbocycles. The summed E-state index contributed by atoms with van der Waals surface area (Å²) in [6, 6.07) is 0. The van der Waals surface area contributed by atoms with E-state index in [2.05, 4.69) is 5.32 Å². The molecule has 0 aromatic rings. The summed E-state index contributed by atoms with van der Waals surface area (Å²) in [6.07, 6.45) is 5.47. The second-order valence-corrected chi connectivity index (χ2v) is 4.75. The predicted molar refractivity (Wildman–Crippen MR) is 56.0 cm³/mol. The minimum absolute atomic E-state index is 0.0949. The predicted octanol–water partition coefficient (Wildman–Crippen LogP) is 1.52. The summed E-state index contributed by atoms with van der Waals surface area (Å²) in [5.74, 6) is -0.658. The Labute approximate surface area is 94.2 Å². The summed E-state index contributed by atoms with van der Waals surface area (Å²) in [4.78, 5) is 22.2. The van der Waals surface area contributed by atoms with Crippen molar-refractivity contribution >= 4 is 12.1 Å². The number of alkyl carbamates (subject to hydrolysis) is 1. The maximum atomic E-state index is 11.2. The maximum Gasteiger partial charge on any atom is 0.408 e. The number of cyclic esters (lactones) is 1. The van der Waals surface area contributed by atoms with Gasteiger partial charge in [-0.05, 0) is 5.92 Å². The molecular formula is C11H17NO4. The van der Waals surface area contributed by atoms with Crippen molar-refractivity contribution in [2.45, 2.75) is 44.1 Å². The summed E-state index contributed by atoms with van der Waals surface area (Å²) >= 11 is 0. The van der Waals surface area contributed by atoms with Crippen molar-refractivity contribution < 1.29 is 19.4 Å². The van der Waals surface area contributed by atoms with Crippen LogP contribution in [0.3, 0.4) is 0 Å². The van der Waals surface area contributed by atoms with Gasteiger partial charge in [-0.25, -0.2) is 9.59 Å². The molecule has 0 spiro atoms. The van der Waals surface area contributed by atoms with Gasteiger partial charge < -0.3 is 15.2 Å². The van der Waals surface area contributed by atoms with Crippen molar-refractivity contribution in [3.63, 3.8) is 0 Å². The zero-order valence-corrected chi connectivity index (χ0v) is 9.20. The van der Waals surface area contributed by atoms with Gasteiger partial charge in [0.25, 0.3) is 0 Å². The van der Waals surface area contributed by atoms with E-state index in [9.17, 15) is 14.7 Å². The summed E-state index contributed by atoms with van der Waals surface area (Å²) in [7, 11) is 0. The lowest BCUT2D eigenvalue weighted by molar-refractivity contribution is -0.156. The highest BCUT2D eigenvalue weighted by Gasteiger charge is 2.48. The van der Waals surface area contributed by atoms with Crippen LogP contribution < -0.4 is 5.32 Å². The number of hydrogen-bond donors (Lipinski definition) is 2. The smallest absolute Gasteiger partial charge is 0.408 e. The van der Waals surface area contributed by atoms with Crippen LogP contribution in [0.5, 0.6) is 0 Å². The lowest BCUT2D eigenvalue weighted by atomic mass is 9.81. The molecule has 1 unspecified atom stereocenters. The van der Waals surface area contributed by atoms with Crippen molar-refractivity contribution in [3.05, 3.63) is 0 Å². The van der Waals surface area contributed by atoms with E-state index < -0.39 is 17.7 Å². The summed E-state index contributed by atoms with van der Waals surface area (Å²) < 4.78 is 4.96. The van der Waals surface area contributed by atoms with Crippen LogP contribution in [0.25, 0.3) is 0 Å². The van der Waals surface area contributed by atoms with E-state index >= 15 is 0 Å². The van der Waals surface area contributed by atoms with E-state index in [1.54, 1.807) is 0 Å². The number of carbonyl (C=O) groups excluding carboxylic acids is 1. The van der Waals surface area contributed by atoms with Crippen molar-refractivity contribution in [1.82, 2.24) is 5.32 Å². The first-order valence-electron chi connectivity index (χ1n) is 5.83. The first-order valence-corrected chi connectivity index (χ1v) is 5.83. The molecule has 1 saturated heterocycles. The third kappa shape index (κ3) is 2.13. The summed E-state index contributed by atoms with van der Waals surface area (Å²) in [5.41, 5.74) is -1.32. The van der Waals surface area contributed by atoms with Gasteiger partial charge >= 0.3 is 12.1 Å². The van der Waals surface area contributed by atoms with Crippen LogP contribution in [0.2, 0.25) is 0 Å². The fourth-order valence-corrected chi connectivity index (χ4v) is 2.64. The largest absolute Gasteiger partial charge is 0.478 e. The quantitative estimate of drug-likeness (QED) is 0.766. The minimum Gasteiger partial charge on any atom is -0.478 e. The number of amides is 1. The first-order chi connectivity index (χ1) is 7.62. The molecule has 2 rings (SSSR count). The molecule has 2 fully saturated rings. The Kier molecular flexibility index (Phi) is 3.03. The van der Waals surface area contributed by atoms with Gasteiger partial charge in [0.1, 0.15) is 0 Å². The lowest BCUT2D eigenvalue weighted by Gasteiger charge is -2.29. The van der Waals surface area contributed by atoms with Crippen LogP contribution in [0.4, 0.5) is 4.79 Å². The molecule has 5 heteroatoms. The first kappa shape index (κ1) is 11.2. The third-order valence-electron chi connectivity index (χ3n) is 3.54. The monoisotopic (exact) mass is 227 g/mol. The van der Waals surface area contributed by atoms with E-state index in [-0.39, 0.29) is 6.54 Å². The molecule has 2 N–H and O–H groups in total. The molecular weight excluding hydrogens is 210 g/mol. The van der Waals surface area contributed by atoms with Gasteiger partial charge in [-0.2, -0.15) is 0 Å². The highest BCUT2D eigenvalue weighted by molar-refractivity contribution is 5.85. The molecule has 1 atom stereocenters. The molecule has 16 heavy (non-hydrogen) atoms. The topological polar surface area (TPSA) is 75.6 Å². The summed E-state index contributed by atoms with van der Waals surface area (Å²) in [5, 5.41) is 11.6. The molecule has 2 aliphatic rings. The Morgan fingerprint density at radius 3 is 2.62 bits per heavy atom. The van der Waals surface area contributed by atoms with Gasteiger partial charge in [0.15, 0.2) is 0 Å². The standard InChI is InChI=1S/C11H17NO4/c13-9(14)11(7-12-10(15)16-11)6-8-4-2-1-3-5-8/h8H,1-7H2,(H,12,15)(H,13,14). The molecule has 0 radical (unpaired) electrons. The average Bonchev–Trinajstić information content (AvgIpc) is 2.63. The maximum absolute atomic E-state index is 11.2. The second-order valence-electron chi connectivity index (χ2n) is 4.75. The fourth-order valence-electron chi connectivity index (χ4n) is 2.64. The molecule has 1 aliphatic heterocycles. The zero-order valence-electron chi connectivity index (χ0n) is 9.20.